The molecule has 2 nitrogen and oxygen atoms in total. The summed E-state index contributed by atoms with van der Waals surface area (Å²) < 4.78 is 0. The maximum absolute atomic E-state index is 4.33. The number of hydrogen-bond acceptors (Lipinski definition) is 1. The Morgan fingerprint density at radius 3 is 2.75 bits per heavy atom. The second-order valence-corrected chi connectivity index (χ2v) is 3.87. The Labute approximate surface area is 96.6 Å². The third-order valence-electron chi connectivity index (χ3n) is 2.61. The lowest BCUT2D eigenvalue weighted by atomic mass is 10.1. The van der Waals surface area contributed by atoms with Crippen LogP contribution in [0.5, 0.6) is 0 Å². The lowest BCUT2D eigenvalue weighted by Crippen LogP contribution is -2.14. The first-order valence-electron chi connectivity index (χ1n) is 5.82. The molecule has 0 saturated heterocycles. The largest absolute Gasteiger partial charge is 0.303 e. The Morgan fingerprint density at radius 2 is 1.88 bits per heavy atom. The maximum atomic E-state index is 4.33. The zero-order chi connectivity index (χ0) is 11.2. The first-order valence-corrected chi connectivity index (χ1v) is 5.82. The third-order valence-corrected chi connectivity index (χ3v) is 2.61. The van der Waals surface area contributed by atoms with Crippen LogP contribution in [0.25, 0.3) is 10.8 Å². The van der Waals surface area contributed by atoms with E-state index in [1.165, 1.54) is 17.2 Å². The van der Waals surface area contributed by atoms with Crippen molar-refractivity contribution in [3.05, 3.63) is 42.5 Å². The van der Waals surface area contributed by atoms with Crippen LogP contribution in [0.4, 0.5) is 5.69 Å². The molecule has 83 valence electrons. The van der Waals surface area contributed by atoms with Crippen molar-refractivity contribution in [2.24, 2.45) is 0 Å². The molecule has 1 N–H and O–H groups in total. The van der Waals surface area contributed by atoms with Crippen molar-refractivity contribution in [3.63, 3.8) is 0 Å². The van der Waals surface area contributed by atoms with Gasteiger partial charge in [-0.2, -0.15) is 0 Å². The molecule has 2 aromatic rings. The first kappa shape index (κ1) is 11.0. The fraction of sp³-hybridized carbons (Fsp3) is 0.286. The predicted molar refractivity (Wildman–Crippen MR) is 69.5 cm³/mol. The third kappa shape index (κ3) is 2.52. The van der Waals surface area contributed by atoms with Crippen molar-refractivity contribution in [1.29, 1.82) is 0 Å². The monoisotopic (exact) mass is 213 g/mol. The smallest absolute Gasteiger partial charge is 0.0582 e. The topological polar surface area (TPSA) is 26.1 Å². The Bertz CT molecular complexity index is 446. The van der Waals surface area contributed by atoms with Crippen LogP contribution in [0.15, 0.2) is 42.5 Å². The second kappa shape index (κ2) is 5.52. The number of nitrogens with one attached hydrogen (secondary N) is 1. The minimum Gasteiger partial charge on any atom is -0.303 e. The van der Waals surface area contributed by atoms with E-state index in [0.717, 1.165) is 18.7 Å². The van der Waals surface area contributed by atoms with E-state index in [1.807, 2.05) is 0 Å². The fourth-order valence-electron chi connectivity index (χ4n) is 1.70. The average molecular weight is 213 g/mol. The first-order chi connectivity index (χ1) is 7.92. The number of nitrogens with zero attached hydrogens (tertiary/aromatic N) is 1. The lowest BCUT2D eigenvalue weighted by Gasteiger charge is -2.08. The molecular formula is C14H17N2. The van der Waals surface area contributed by atoms with Gasteiger partial charge in [0.25, 0.3) is 0 Å². The highest BCUT2D eigenvalue weighted by Crippen LogP contribution is 2.22. The van der Waals surface area contributed by atoms with Crippen molar-refractivity contribution in [2.75, 3.05) is 12.0 Å². The summed E-state index contributed by atoms with van der Waals surface area (Å²) in [6.07, 6.45) is 2.32. The van der Waals surface area contributed by atoms with Gasteiger partial charge in [0.05, 0.1) is 5.69 Å². The van der Waals surface area contributed by atoms with Gasteiger partial charge < -0.3 is 5.43 Å². The van der Waals surface area contributed by atoms with Crippen LogP contribution < -0.4 is 10.9 Å². The van der Waals surface area contributed by atoms with Crippen LogP contribution in [0, 0.1) is 0 Å². The van der Waals surface area contributed by atoms with E-state index in [1.54, 1.807) is 0 Å². The maximum Gasteiger partial charge on any atom is 0.0582 e. The molecule has 2 heteroatoms. The minimum absolute atomic E-state index is 0.875. The SMILES string of the molecule is CCCC[N]Nc1cccc2ccccc12. The van der Waals surface area contributed by atoms with Gasteiger partial charge in [-0.1, -0.05) is 49.7 Å². The zero-order valence-corrected chi connectivity index (χ0v) is 9.61. The molecule has 16 heavy (non-hydrogen) atoms. The molecule has 0 amide bonds. The number of rotatable bonds is 5. The predicted octanol–water partition coefficient (Wildman–Crippen LogP) is 3.57. The summed E-state index contributed by atoms with van der Waals surface area (Å²) in [5, 5.41) is 2.48. The highest BCUT2D eigenvalue weighted by atomic mass is 15.3. The summed E-state index contributed by atoms with van der Waals surface area (Å²) in [5.74, 6) is 0. The second-order valence-electron chi connectivity index (χ2n) is 3.87. The molecule has 0 atom stereocenters. The van der Waals surface area contributed by atoms with Gasteiger partial charge >= 0.3 is 0 Å². The summed E-state index contributed by atoms with van der Waals surface area (Å²) in [5.41, 5.74) is 8.57. The van der Waals surface area contributed by atoms with Gasteiger partial charge in [0.1, 0.15) is 0 Å². The normalized spacial score (nSPS) is 10.6. The van der Waals surface area contributed by atoms with Crippen molar-refractivity contribution in [1.82, 2.24) is 5.43 Å². The summed E-state index contributed by atoms with van der Waals surface area (Å²) in [7, 11) is 0. The van der Waals surface area contributed by atoms with E-state index in [9.17, 15) is 0 Å². The van der Waals surface area contributed by atoms with Gasteiger partial charge in [-0.15, -0.1) is 5.43 Å². The lowest BCUT2D eigenvalue weighted by molar-refractivity contribution is 0.694. The average Bonchev–Trinajstić information content (AvgIpc) is 2.35. The number of benzene rings is 2. The molecule has 0 aliphatic rings. The van der Waals surface area contributed by atoms with Gasteiger partial charge in [0, 0.05) is 11.9 Å². The van der Waals surface area contributed by atoms with Crippen molar-refractivity contribution < 1.29 is 0 Å². The van der Waals surface area contributed by atoms with Crippen molar-refractivity contribution in [2.45, 2.75) is 19.8 Å². The number of anilines is 1. The summed E-state index contributed by atoms with van der Waals surface area (Å²) in [6.45, 7) is 3.05. The molecule has 0 unspecified atom stereocenters. The van der Waals surface area contributed by atoms with Crippen LogP contribution in [0.2, 0.25) is 0 Å². The molecule has 0 aliphatic heterocycles. The zero-order valence-electron chi connectivity index (χ0n) is 9.61. The van der Waals surface area contributed by atoms with Crippen LogP contribution in [0.1, 0.15) is 19.8 Å². The Balaban J connectivity index is 2.11. The van der Waals surface area contributed by atoms with Gasteiger partial charge in [-0.25, -0.2) is 0 Å². The molecule has 2 rings (SSSR count). The Kier molecular flexibility index (Phi) is 3.78. The Hall–Kier alpha value is -1.54. The Morgan fingerprint density at radius 1 is 1.06 bits per heavy atom. The fourth-order valence-corrected chi connectivity index (χ4v) is 1.70. The molecule has 0 bridgehead atoms. The van der Waals surface area contributed by atoms with E-state index in [0.29, 0.717) is 0 Å². The van der Waals surface area contributed by atoms with Gasteiger partial charge in [0.2, 0.25) is 0 Å². The van der Waals surface area contributed by atoms with Gasteiger partial charge in [-0.05, 0) is 17.9 Å². The van der Waals surface area contributed by atoms with Crippen LogP contribution in [-0.4, -0.2) is 6.54 Å². The summed E-state index contributed by atoms with van der Waals surface area (Å²) in [4.78, 5) is 0. The van der Waals surface area contributed by atoms with Crippen molar-refractivity contribution in [3.8, 4) is 0 Å². The van der Waals surface area contributed by atoms with Gasteiger partial charge in [-0.3, -0.25) is 0 Å². The van der Waals surface area contributed by atoms with Crippen LogP contribution in [0.3, 0.4) is 0 Å². The van der Waals surface area contributed by atoms with E-state index >= 15 is 0 Å². The van der Waals surface area contributed by atoms with E-state index < -0.39 is 0 Å². The van der Waals surface area contributed by atoms with E-state index in [-0.39, 0.29) is 0 Å². The molecule has 0 heterocycles. The molecule has 0 saturated carbocycles. The highest BCUT2D eigenvalue weighted by Gasteiger charge is 1.98. The molecule has 0 fully saturated rings. The molecule has 0 aromatic heterocycles. The van der Waals surface area contributed by atoms with Crippen LogP contribution in [-0.2, 0) is 0 Å². The minimum atomic E-state index is 0.875. The molecule has 1 radical (unpaired) electrons. The number of unbranched alkanes of at least 4 members (excludes halogenated alkanes) is 1. The van der Waals surface area contributed by atoms with Gasteiger partial charge in [0.15, 0.2) is 0 Å². The number of fused-ring (bicyclic) bond motifs is 1. The summed E-state index contributed by atoms with van der Waals surface area (Å²) in [6, 6.07) is 14.6. The molecule has 0 spiro atoms. The molecule has 0 aliphatic carbocycles. The number of hydrogen-bond donors (Lipinski definition) is 1. The van der Waals surface area contributed by atoms with Crippen molar-refractivity contribution >= 4 is 16.5 Å². The standard InChI is InChI=1S/C14H17N2/c1-2-3-11-15-16-14-10-6-8-12-7-4-5-9-13(12)14/h4-10,16H,2-3,11H2,1H3. The summed E-state index contributed by atoms with van der Waals surface area (Å²) >= 11 is 0. The molecule has 2 aromatic carbocycles. The highest BCUT2D eigenvalue weighted by molar-refractivity contribution is 5.93. The van der Waals surface area contributed by atoms with E-state index in [4.69, 9.17) is 0 Å². The quantitative estimate of drug-likeness (QED) is 0.596. The van der Waals surface area contributed by atoms with Crippen LogP contribution >= 0.6 is 0 Å². The molecular weight excluding hydrogens is 196 g/mol. The van der Waals surface area contributed by atoms with E-state index in [2.05, 4.69) is 60.2 Å².